The molecule has 3 nitrogen and oxygen atoms in total. The van der Waals surface area contributed by atoms with Gasteiger partial charge in [0.1, 0.15) is 6.04 Å². The molecule has 1 aromatic rings. The van der Waals surface area contributed by atoms with Crippen LogP contribution < -0.4 is 0 Å². The summed E-state index contributed by atoms with van der Waals surface area (Å²) in [6.45, 7) is 3.99. The Morgan fingerprint density at radius 2 is 2.06 bits per heavy atom. The highest BCUT2D eigenvalue weighted by atomic mass is 79.9. The Hall–Kier alpha value is -0.870. The lowest BCUT2D eigenvalue weighted by Gasteiger charge is -2.32. The number of halogens is 1. The van der Waals surface area contributed by atoms with E-state index < -0.39 is 12.0 Å². The fourth-order valence-electron chi connectivity index (χ4n) is 2.33. The van der Waals surface area contributed by atoms with Crippen molar-refractivity contribution in [1.29, 1.82) is 0 Å². The van der Waals surface area contributed by atoms with Gasteiger partial charge in [0.2, 0.25) is 0 Å². The van der Waals surface area contributed by atoms with Gasteiger partial charge in [-0.15, -0.1) is 0 Å². The van der Waals surface area contributed by atoms with Gasteiger partial charge in [-0.05, 0) is 37.6 Å². The Morgan fingerprint density at radius 1 is 1.39 bits per heavy atom. The van der Waals surface area contributed by atoms with Crippen molar-refractivity contribution in [2.45, 2.75) is 38.8 Å². The van der Waals surface area contributed by atoms with Gasteiger partial charge in [-0.3, -0.25) is 9.69 Å². The maximum absolute atomic E-state index is 11.2. The van der Waals surface area contributed by atoms with Crippen molar-refractivity contribution in [1.82, 2.24) is 4.90 Å². The highest BCUT2D eigenvalue weighted by Crippen LogP contribution is 2.27. The van der Waals surface area contributed by atoms with Gasteiger partial charge in [-0.25, -0.2) is 0 Å². The van der Waals surface area contributed by atoms with E-state index in [0.717, 1.165) is 16.5 Å². The van der Waals surface area contributed by atoms with Crippen molar-refractivity contribution < 1.29 is 9.90 Å². The fourth-order valence-corrected chi connectivity index (χ4v) is 2.74. The van der Waals surface area contributed by atoms with Crippen LogP contribution in [-0.2, 0) is 4.79 Å². The average Bonchev–Trinajstić information content (AvgIpc) is 2.30. The number of benzene rings is 1. The first kappa shape index (κ1) is 15.2. The zero-order valence-electron chi connectivity index (χ0n) is 11.1. The predicted octanol–water partition coefficient (Wildman–Crippen LogP) is 3.70. The molecule has 0 fully saturated rings. The molecule has 0 bridgehead atoms. The standard InChI is InChI=1S/C14H20BrNO2/c1-4-12(10-7-6-8-11(15)9-10)16(3)13(5-2)14(17)18/h6-9,12-13H,4-5H2,1-3H3,(H,17,18). The molecule has 0 saturated heterocycles. The van der Waals surface area contributed by atoms with Crippen LogP contribution in [0.2, 0.25) is 0 Å². The molecule has 100 valence electrons. The number of carbonyl (C=O) groups is 1. The molecule has 1 rings (SSSR count). The maximum atomic E-state index is 11.2. The van der Waals surface area contributed by atoms with E-state index >= 15 is 0 Å². The lowest BCUT2D eigenvalue weighted by Crippen LogP contribution is -2.40. The Bertz CT molecular complexity index is 409. The molecule has 1 aromatic carbocycles. The first-order chi connectivity index (χ1) is 8.51. The Balaban J connectivity index is 2.99. The number of hydrogen-bond donors (Lipinski definition) is 1. The van der Waals surface area contributed by atoms with E-state index in [1.54, 1.807) is 0 Å². The number of aliphatic carboxylic acids is 1. The summed E-state index contributed by atoms with van der Waals surface area (Å²) in [5.41, 5.74) is 1.15. The topological polar surface area (TPSA) is 40.5 Å². The number of likely N-dealkylation sites (N-methyl/N-ethyl adjacent to an activating group) is 1. The van der Waals surface area contributed by atoms with Gasteiger partial charge >= 0.3 is 5.97 Å². The molecule has 0 radical (unpaired) electrons. The molecule has 2 unspecified atom stereocenters. The van der Waals surface area contributed by atoms with Crippen molar-refractivity contribution in [2.75, 3.05) is 7.05 Å². The number of hydrogen-bond acceptors (Lipinski definition) is 2. The molecule has 18 heavy (non-hydrogen) atoms. The number of nitrogens with zero attached hydrogens (tertiary/aromatic N) is 1. The summed E-state index contributed by atoms with van der Waals surface area (Å²) in [5, 5.41) is 9.24. The highest BCUT2D eigenvalue weighted by molar-refractivity contribution is 9.10. The van der Waals surface area contributed by atoms with Crippen LogP contribution in [0, 0.1) is 0 Å². The average molecular weight is 314 g/mol. The van der Waals surface area contributed by atoms with Gasteiger partial charge in [0.15, 0.2) is 0 Å². The van der Waals surface area contributed by atoms with Gasteiger partial charge in [-0.2, -0.15) is 0 Å². The van der Waals surface area contributed by atoms with Crippen LogP contribution in [-0.4, -0.2) is 29.1 Å². The van der Waals surface area contributed by atoms with Gasteiger partial charge in [0, 0.05) is 10.5 Å². The largest absolute Gasteiger partial charge is 0.480 e. The van der Waals surface area contributed by atoms with Crippen LogP contribution >= 0.6 is 15.9 Å². The first-order valence-electron chi connectivity index (χ1n) is 6.21. The van der Waals surface area contributed by atoms with Crippen molar-refractivity contribution in [3.63, 3.8) is 0 Å². The zero-order valence-corrected chi connectivity index (χ0v) is 12.6. The molecule has 0 aliphatic heterocycles. The SMILES string of the molecule is CCC(C(=O)O)N(C)C(CC)c1cccc(Br)c1. The van der Waals surface area contributed by atoms with Gasteiger partial charge < -0.3 is 5.11 Å². The highest BCUT2D eigenvalue weighted by Gasteiger charge is 2.26. The summed E-state index contributed by atoms with van der Waals surface area (Å²) in [6, 6.07) is 7.75. The quantitative estimate of drug-likeness (QED) is 0.870. The van der Waals surface area contributed by atoms with Crippen LogP contribution in [0.5, 0.6) is 0 Å². The third-order valence-corrected chi connectivity index (χ3v) is 3.77. The van der Waals surface area contributed by atoms with Crippen LogP contribution in [0.3, 0.4) is 0 Å². The van der Waals surface area contributed by atoms with Crippen LogP contribution in [0.25, 0.3) is 0 Å². The molecule has 0 aliphatic carbocycles. The smallest absolute Gasteiger partial charge is 0.320 e. The third-order valence-electron chi connectivity index (χ3n) is 3.28. The Labute approximate surface area is 117 Å². The first-order valence-corrected chi connectivity index (χ1v) is 7.00. The second-order valence-corrected chi connectivity index (χ2v) is 5.32. The summed E-state index contributed by atoms with van der Waals surface area (Å²) in [4.78, 5) is 13.2. The van der Waals surface area contributed by atoms with E-state index in [4.69, 9.17) is 0 Å². The summed E-state index contributed by atoms with van der Waals surface area (Å²) >= 11 is 3.46. The Kier molecular flexibility index (Phi) is 5.82. The van der Waals surface area contributed by atoms with Crippen LogP contribution in [0.1, 0.15) is 38.3 Å². The lowest BCUT2D eigenvalue weighted by atomic mass is 10.0. The minimum atomic E-state index is -0.756. The minimum Gasteiger partial charge on any atom is -0.480 e. The minimum absolute atomic E-state index is 0.128. The summed E-state index contributed by atoms with van der Waals surface area (Å²) in [5.74, 6) is -0.756. The molecule has 4 heteroatoms. The molecule has 0 amide bonds. The molecule has 0 heterocycles. The van der Waals surface area contributed by atoms with E-state index in [-0.39, 0.29) is 6.04 Å². The molecular weight excluding hydrogens is 294 g/mol. The van der Waals surface area contributed by atoms with Gasteiger partial charge in [-0.1, -0.05) is 41.9 Å². The molecule has 0 aromatic heterocycles. The van der Waals surface area contributed by atoms with Gasteiger partial charge in [0.25, 0.3) is 0 Å². The normalized spacial score (nSPS) is 14.5. The van der Waals surface area contributed by atoms with E-state index in [9.17, 15) is 9.90 Å². The van der Waals surface area contributed by atoms with Crippen molar-refractivity contribution in [3.8, 4) is 0 Å². The van der Waals surface area contributed by atoms with E-state index in [1.165, 1.54) is 0 Å². The molecule has 0 aliphatic rings. The van der Waals surface area contributed by atoms with Crippen LogP contribution in [0.4, 0.5) is 0 Å². The lowest BCUT2D eigenvalue weighted by molar-refractivity contribution is -0.143. The molecule has 0 spiro atoms. The summed E-state index contributed by atoms with van der Waals surface area (Å²) in [7, 11) is 1.89. The molecule has 0 saturated carbocycles. The number of rotatable bonds is 6. The van der Waals surface area contributed by atoms with Crippen molar-refractivity contribution in [2.24, 2.45) is 0 Å². The van der Waals surface area contributed by atoms with Crippen molar-refractivity contribution >= 4 is 21.9 Å². The van der Waals surface area contributed by atoms with Crippen molar-refractivity contribution in [3.05, 3.63) is 34.3 Å². The second kappa shape index (κ2) is 6.90. The Morgan fingerprint density at radius 3 is 2.50 bits per heavy atom. The molecular formula is C14H20BrNO2. The maximum Gasteiger partial charge on any atom is 0.320 e. The second-order valence-electron chi connectivity index (χ2n) is 4.41. The fraction of sp³-hybridized carbons (Fsp3) is 0.500. The zero-order chi connectivity index (χ0) is 13.7. The van der Waals surface area contributed by atoms with E-state index in [0.29, 0.717) is 6.42 Å². The number of carboxylic acid groups (broad SMARTS) is 1. The van der Waals surface area contributed by atoms with E-state index in [2.05, 4.69) is 28.9 Å². The van der Waals surface area contributed by atoms with Crippen LogP contribution in [0.15, 0.2) is 28.7 Å². The summed E-state index contributed by atoms with van der Waals surface area (Å²) in [6.07, 6.45) is 1.49. The molecule has 2 atom stereocenters. The van der Waals surface area contributed by atoms with E-state index in [1.807, 2.05) is 37.1 Å². The van der Waals surface area contributed by atoms with Gasteiger partial charge in [0.05, 0.1) is 0 Å². The summed E-state index contributed by atoms with van der Waals surface area (Å²) < 4.78 is 1.02. The molecule has 1 N–H and O–H groups in total. The third kappa shape index (κ3) is 3.56. The predicted molar refractivity (Wildman–Crippen MR) is 76.7 cm³/mol. The monoisotopic (exact) mass is 313 g/mol. The number of carboxylic acids is 1.